The highest BCUT2D eigenvalue weighted by Gasteiger charge is 2.23. The number of benzene rings is 1. The summed E-state index contributed by atoms with van der Waals surface area (Å²) in [5.74, 6) is -1.70. The fourth-order valence-electron chi connectivity index (χ4n) is 1.58. The predicted molar refractivity (Wildman–Crippen MR) is 81.0 cm³/mol. The molecule has 2 aromatic rings. The number of nitrogens with one attached hydrogen (secondary N) is 2. The molecular weight excluding hydrogens is 363 g/mol. The number of carboxylic acids is 1. The third-order valence-electron chi connectivity index (χ3n) is 2.53. The van der Waals surface area contributed by atoms with Gasteiger partial charge in [-0.25, -0.2) is 14.0 Å². The number of hydrogen-bond acceptors (Lipinski definition) is 3. The molecule has 1 aromatic heterocycles. The molecule has 0 saturated carbocycles. The van der Waals surface area contributed by atoms with Crippen LogP contribution in [-0.2, 0) is 4.79 Å². The van der Waals surface area contributed by atoms with Gasteiger partial charge in [-0.2, -0.15) is 0 Å². The normalized spacial score (nSPS) is 11.7. The number of carboxylic acid groups (broad SMARTS) is 1. The Labute approximate surface area is 131 Å². The van der Waals surface area contributed by atoms with E-state index in [0.717, 1.165) is 6.07 Å². The van der Waals surface area contributed by atoms with Gasteiger partial charge in [0.15, 0.2) is 6.04 Å². The van der Waals surface area contributed by atoms with E-state index in [2.05, 4.69) is 26.6 Å². The van der Waals surface area contributed by atoms with Crippen LogP contribution in [-0.4, -0.2) is 17.1 Å². The van der Waals surface area contributed by atoms with Gasteiger partial charge in [-0.3, -0.25) is 0 Å². The molecular formula is C13H10BrFN2O3S. The van der Waals surface area contributed by atoms with E-state index in [1.54, 1.807) is 17.5 Å². The fraction of sp³-hybridized carbons (Fsp3) is 0.0769. The second kappa shape index (κ2) is 6.68. The Kier molecular flexibility index (Phi) is 4.92. The summed E-state index contributed by atoms with van der Waals surface area (Å²) in [5, 5.41) is 15.6. The van der Waals surface area contributed by atoms with Gasteiger partial charge in [-0.15, -0.1) is 11.3 Å². The molecule has 3 N–H and O–H groups in total. The number of amides is 2. The minimum atomic E-state index is -1.17. The van der Waals surface area contributed by atoms with E-state index >= 15 is 0 Å². The number of halogens is 2. The van der Waals surface area contributed by atoms with Crippen LogP contribution in [0.25, 0.3) is 0 Å². The summed E-state index contributed by atoms with van der Waals surface area (Å²) in [6.45, 7) is 0. The Morgan fingerprint density at radius 2 is 2.10 bits per heavy atom. The highest BCUT2D eigenvalue weighted by molar-refractivity contribution is 9.10. The third kappa shape index (κ3) is 4.02. The Balaban J connectivity index is 2.06. The number of rotatable bonds is 4. The summed E-state index contributed by atoms with van der Waals surface area (Å²) in [7, 11) is 0. The van der Waals surface area contributed by atoms with Gasteiger partial charge in [0.2, 0.25) is 0 Å². The number of carbonyl (C=O) groups is 2. The molecule has 0 bridgehead atoms. The fourth-order valence-corrected chi connectivity index (χ4v) is 2.60. The topological polar surface area (TPSA) is 78.4 Å². The second-order valence-corrected chi connectivity index (χ2v) is 5.85. The average molecular weight is 373 g/mol. The third-order valence-corrected chi connectivity index (χ3v) is 4.11. The summed E-state index contributed by atoms with van der Waals surface area (Å²) in [6.07, 6.45) is 0. The van der Waals surface area contributed by atoms with Gasteiger partial charge in [0, 0.05) is 10.6 Å². The average Bonchev–Trinajstić information content (AvgIpc) is 2.93. The molecule has 1 atom stereocenters. The predicted octanol–water partition coefficient (Wildman–Crippen LogP) is 3.60. The molecule has 1 aromatic carbocycles. The van der Waals surface area contributed by atoms with Crippen molar-refractivity contribution in [2.45, 2.75) is 6.04 Å². The van der Waals surface area contributed by atoms with Crippen molar-refractivity contribution in [2.24, 2.45) is 0 Å². The van der Waals surface area contributed by atoms with Crippen LogP contribution in [0.2, 0.25) is 0 Å². The van der Waals surface area contributed by atoms with Gasteiger partial charge >= 0.3 is 12.0 Å². The molecule has 0 spiro atoms. The summed E-state index contributed by atoms with van der Waals surface area (Å²) >= 11 is 4.22. The number of aliphatic carboxylic acids is 1. The van der Waals surface area contributed by atoms with Crippen molar-refractivity contribution < 1.29 is 19.1 Å². The summed E-state index contributed by atoms with van der Waals surface area (Å²) < 4.78 is 13.6. The van der Waals surface area contributed by atoms with Crippen molar-refractivity contribution in [1.29, 1.82) is 0 Å². The molecule has 8 heteroatoms. The quantitative estimate of drug-likeness (QED) is 0.766. The molecule has 2 rings (SSSR count). The van der Waals surface area contributed by atoms with Crippen molar-refractivity contribution in [3.63, 3.8) is 0 Å². The molecule has 0 aliphatic heterocycles. The lowest BCUT2D eigenvalue weighted by molar-refractivity contribution is -0.139. The van der Waals surface area contributed by atoms with Gasteiger partial charge in [0.05, 0.1) is 4.47 Å². The van der Waals surface area contributed by atoms with E-state index in [-0.39, 0.29) is 10.2 Å². The SMILES string of the molecule is O=C(Nc1ccc(Br)c(F)c1)NC(C(=O)O)c1cccs1. The zero-order chi connectivity index (χ0) is 15.4. The maximum atomic E-state index is 13.3. The molecule has 0 fully saturated rings. The van der Waals surface area contributed by atoms with Crippen LogP contribution in [0.5, 0.6) is 0 Å². The lowest BCUT2D eigenvalue weighted by Gasteiger charge is -2.14. The first-order valence-corrected chi connectivity index (χ1v) is 7.43. The van der Waals surface area contributed by atoms with Crippen LogP contribution in [0, 0.1) is 5.82 Å². The van der Waals surface area contributed by atoms with E-state index in [1.807, 2.05) is 0 Å². The molecule has 21 heavy (non-hydrogen) atoms. The van der Waals surface area contributed by atoms with Crippen molar-refractivity contribution in [3.05, 3.63) is 50.9 Å². The van der Waals surface area contributed by atoms with E-state index in [0.29, 0.717) is 4.88 Å². The van der Waals surface area contributed by atoms with Gasteiger partial charge in [0.25, 0.3) is 0 Å². The van der Waals surface area contributed by atoms with Crippen molar-refractivity contribution in [1.82, 2.24) is 5.32 Å². The Morgan fingerprint density at radius 1 is 1.33 bits per heavy atom. The molecule has 2 amide bonds. The number of anilines is 1. The van der Waals surface area contributed by atoms with Crippen molar-refractivity contribution in [3.8, 4) is 0 Å². The highest BCUT2D eigenvalue weighted by atomic mass is 79.9. The minimum Gasteiger partial charge on any atom is -0.479 e. The smallest absolute Gasteiger partial charge is 0.331 e. The molecule has 0 saturated heterocycles. The first-order chi connectivity index (χ1) is 9.97. The van der Waals surface area contributed by atoms with Gasteiger partial charge in [-0.05, 0) is 45.6 Å². The van der Waals surface area contributed by atoms with E-state index in [1.165, 1.54) is 23.5 Å². The molecule has 1 unspecified atom stereocenters. The van der Waals surface area contributed by atoms with Crippen LogP contribution < -0.4 is 10.6 Å². The summed E-state index contributed by atoms with van der Waals surface area (Å²) in [6, 6.07) is 5.50. The zero-order valence-corrected chi connectivity index (χ0v) is 12.9. The number of thiophene rings is 1. The second-order valence-electron chi connectivity index (χ2n) is 4.01. The lowest BCUT2D eigenvalue weighted by Crippen LogP contribution is -2.36. The van der Waals surface area contributed by atoms with E-state index < -0.39 is 23.9 Å². The van der Waals surface area contributed by atoms with Crippen molar-refractivity contribution in [2.75, 3.05) is 5.32 Å². The molecule has 5 nitrogen and oxygen atoms in total. The Morgan fingerprint density at radius 3 is 2.67 bits per heavy atom. The molecule has 0 aliphatic rings. The first kappa shape index (κ1) is 15.5. The largest absolute Gasteiger partial charge is 0.479 e. The molecule has 0 radical (unpaired) electrons. The highest BCUT2D eigenvalue weighted by Crippen LogP contribution is 2.21. The van der Waals surface area contributed by atoms with Gasteiger partial charge in [-0.1, -0.05) is 6.07 Å². The molecule has 0 aliphatic carbocycles. The maximum absolute atomic E-state index is 13.3. The molecule has 1 heterocycles. The van der Waals surface area contributed by atoms with Crippen LogP contribution in [0.15, 0.2) is 40.2 Å². The van der Waals surface area contributed by atoms with Crippen LogP contribution in [0.3, 0.4) is 0 Å². The zero-order valence-electron chi connectivity index (χ0n) is 10.5. The number of carbonyl (C=O) groups excluding carboxylic acids is 1. The number of hydrogen-bond donors (Lipinski definition) is 3. The lowest BCUT2D eigenvalue weighted by atomic mass is 10.2. The van der Waals surface area contributed by atoms with Gasteiger partial charge < -0.3 is 15.7 Å². The Hall–Kier alpha value is -1.93. The Bertz CT molecular complexity index is 663. The van der Waals surface area contributed by atoms with E-state index in [4.69, 9.17) is 5.11 Å². The summed E-state index contributed by atoms with van der Waals surface area (Å²) in [4.78, 5) is 23.5. The van der Waals surface area contributed by atoms with Crippen molar-refractivity contribution >= 4 is 45.0 Å². The standard InChI is InChI=1S/C13H10BrFN2O3S/c14-8-4-3-7(6-9(8)15)16-13(20)17-11(12(18)19)10-2-1-5-21-10/h1-6,11H,(H,18,19)(H2,16,17,20). The monoisotopic (exact) mass is 372 g/mol. The number of urea groups is 1. The summed E-state index contributed by atoms with van der Waals surface area (Å²) in [5.41, 5.74) is 0.225. The van der Waals surface area contributed by atoms with Crippen LogP contribution in [0.1, 0.15) is 10.9 Å². The first-order valence-electron chi connectivity index (χ1n) is 5.76. The minimum absolute atomic E-state index is 0.225. The van der Waals surface area contributed by atoms with Gasteiger partial charge in [0.1, 0.15) is 5.82 Å². The van der Waals surface area contributed by atoms with E-state index in [9.17, 15) is 14.0 Å². The maximum Gasteiger partial charge on any atom is 0.331 e. The van der Waals surface area contributed by atoms with Crippen LogP contribution >= 0.6 is 27.3 Å². The molecule has 110 valence electrons. The van der Waals surface area contributed by atoms with Crippen LogP contribution in [0.4, 0.5) is 14.9 Å².